The minimum absolute atomic E-state index is 0.0532. The van der Waals surface area contributed by atoms with Crippen molar-refractivity contribution in [2.75, 3.05) is 0 Å². The van der Waals surface area contributed by atoms with Crippen molar-refractivity contribution in [3.63, 3.8) is 0 Å². The van der Waals surface area contributed by atoms with Crippen LogP contribution in [0.4, 0.5) is 17.6 Å². The number of amides is 1. The van der Waals surface area contributed by atoms with E-state index in [4.69, 9.17) is 39.6 Å². The normalized spacial score (nSPS) is 18.5. The largest absolute Gasteiger partial charge is 0.428 e. The molecule has 0 spiro atoms. The second kappa shape index (κ2) is 8.86. The minimum Gasteiger partial charge on any atom is -0.352 e. The number of nitrogens with one attached hydrogen (secondary N) is 2. The minimum atomic E-state index is -4.90. The maximum atomic E-state index is 14.1. The molecule has 0 radical (unpaired) electrons. The number of carbonyl (C=O) groups excluding carboxylic acids is 1. The molecule has 1 unspecified atom stereocenters. The van der Waals surface area contributed by atoms with E-state index in [1.54, 1.807) is 6.92 Å². The molecule has 2 aromatic rings. The van der Waals surface area contributed by atoms with E-state index in [-0.39, 0.29) is 56.3 Å². The Morgan fingerprint density at radius 3 is 2.39 bits per heavy atom. The van der Waals surface area contributed by atoms with E-state index in [2.05, 4.69) is 10.8 Å². The van der Waals surface area contributed by atoms with Crippen molar-refractivity contribution >= 4 is 46.4 Å². The lowest BCUT2D eigenvalue weighted by Gasteiger charge is -2.29. The zero-order valence-electron chi connectivity index (χ0n) is 15.8. The number of hydrogen-bond acceptors (Lipinski definition) is 3. The van der Waals surface area contributed by atoms with Crippen molar-refractivity contribution in [2.24, 2.45) is 0 Å². The van der Waals surface area contributed by atoms with Gasteiger partial charge in [0.2, 0.25) is 11.5 Å². The molecule has 2 N–H and O–H groups in total. The molecule has 1 aliphatic rings. The molecule has 1 heterocycles. The third kappa shape index (κ3) is 4.62. The first-order valence-corrected chi connectivity index (χ1v) is 10.1. The van der Waals surface area contributed by atoms with E-state index in [1.165, 1.54) is 12.1 Å². The molecule has 0 saturated carbocycles. The Balaban J connectivity index is 2.04. The predicted molar refractivity (Wildman–Crippen MR) is 110 cm³/mol. The van der Waals surface area contributed by atoms with Gasteiger partial charge in [-0.25, -0.2) is 4.39 Å². The van der Waals surface area contributed by atoms with Crippen LogP contribution < -0.4 is 10.8 Å². The first-order valence-electron chi connectivity index (χ1n) is 8.92. The average molecular weight is 498 g/mol. The molecule has 0 bridgehead atoms. The molecule has 0 aliphatic carbocycles. The number of carbonyl (C=O) groups is 1. The second-order valence-corrected chi connectivity index (χ2v) is 7.88. The lowest BCUT2D eigenvalue weighted by molar-refractivity contribution is -0.269. The summed E-state index contributed by atoms with van der Waals surface area (Å²) >= 11 is 17.7. The smallest absolute Gasteiger partial charge is 0.352 e. The summed E-state index contributed by atoms with van der Waals surface area (Å²) in [5, 5.41) is 2.09. The van der Waals surface area contributed by atoms with Gasteiger partial charge < -0.3 is 5.32 Å². The van der Waals surface area contributed by atoms with Gasteiger partial charge in [-0.2, -0.15) is 13.2 Å². The molecule has 1 aliphatic heterocycles. The quantitative estimate of drug-likeness (QED) is 0.385. The van der Waals surface area contributed by atoms with Gasteiger partial charge in [-0.3, -0.25) is 15.1 Å². The predicted octanol–water partition coefficient (Wildman–Crippen LogP) is 6.15. The maximum absolute atomic E-state index is 14.1. The van der Waals surface area contributed by atoms with Gasteiger partial charge in [0.1, 0.15) is 5.82 Å². The zero-order valence-corrected chi connectivity index (χ0v) is 18.1. The number of rotatable bonds is 5. The van der Waals surface area contributed by atoms with Crippen LogP contribution in [0, 0.1) is 5.82 Å². The Morgan fingerprint density at radius 1 is 1.16 bits per heavy atom. The Labute approximate surface area is 190 Å². The lowest BCUT2D eigenvalue weighted by atomic mass is 9.91. The van der Waals surface area contributed by atoms with Crippen LogP contribution in [0.5, 0.6) is 0 Å². The summed E-state index contributed by atoms with van der Waals surface area (Å²) < 4.78 is 56.4. The molecule has 1 amide bonds. The number of alkyl halides is 3. The van der Waals surface area contributed by atoms with Crippen molar-refractivity contribution in [1.82, 2.24) is 10.8 Å². The third-order valence-electron chi connectivity index (χ3n) is 4.66. The standard InChI is InChI=1S/C20H15Cl3F4N2O2/c1-2-17(30)28-9-11-5-10(3-4-15(11)24)16-8-19(31-29-16,20(25,26)27)12-6-13(21)18(23)14(22)7-12/h3-8,29H,2,9H2,1H3,(H,28,30). The van der Waals surface area contributed by atoms with E-state index >= 15 is 0 Å². The SMILES string of the molecule is CCC(=O)NCc1cc(C2=CC(c3cc(Cl)c(Cl)c(Cl)c3)(C(F)(F)F)ON2)ccc1F. The van der Waals surface area contributed by atoms with Crippen molar-refractivity contribution in [1.29, 1.82) is 0 Å². The number of halogens is 7. The van der Waals surface area contributed by atoms with Crippen molar-refractivity contribution in [3.8, 4) is 0 Å². The van der Waals surface area contributed by atoms with Gasteiger partial charge in [0.15, 0.2) is 0 Å². The first kappa shape index (κ1) is 23.7. The van der Waals surface area contributed by atoms with E-state index < -0.39 is 17.6 Å². The zero-order chi connectivity index (χ0) is 23.0. The van der Waals surface area contributed by atoms with Gasteiger partial charge in [-0.05, 0) is 36.4 Å². The van der Waals surface area contributed by atoms with Crippen molar-refractivity contribution < 1.29 is 27.2 Å². The highest BCUT2D eigenvalue weighted by Gasteiger charge is 2.59. The summed E-state index contributed by atoms with van der Waals surface area (Å²) in [4.78, 5) is 16.4. The fourth-order valence-electron chi connectivity index (χ4n) is 2.95. The topological polar surface area (TPSA) is 50.4 Å². The van der Waals surface area contributed by atoms with E-state index in [0.717, 1.165) is 24.3 Å². The Hall–Kier alpha value is -2.00. The van der Waals surface area contributed by atoms with E-state index in [0.29, 0.717) is 0 Å². The van der Waals surface area contributed by atoms with Gasteiger partial charge in [0, 0.05) is 29.7 Å². The number of benzene rings is 2. The number of hydroxylamine groups is 1. The highest BCUT2D eigenvalue weighted by atomic mass is 35.5. The Kier molecular flexibility index (Phi) is 6.76. The van der Waals surface area contributed by atoms with Crippen molar-refractivity contribution in [3.05, 3.63) is 74.0 Å². The fourth-order valence-corrected chi connectivity index (χ4v) is 3.55. The van der Waals surface area contributed by atoms with Crippen LogP contribution in [0.1, 0.15) is 30.0 Å². The fraction of sp³-hybridized carbons (Fsp3) is 0.250. The summed E-state index contributed by atoms with van der Waals surface area (Å²) in [6, 6.07) is 5.73. The first-order chi connectivity index (χ1) is 14.5. The van der Waals surface area contributed by atoms with Crippen LogP contribution in [-0.2, 0) is 21.8 Å². The van der Waals surface area contributed by atoms with Crippen LogP contribution in [0.3, 0.4) is 0 Å². The second-order valence-electron chi connectivity index (χ2n) is 6.69. The van der Waals surface area contributed by atoms with Crippen LogP contribution in [0.15, 0.2) is 36.4 Å². The molecule has 11 heteroatoms. The summed E-state index contributed by atoms with van der Waals surface area (Å²) in [6.45, 7) is 1.52. The molecular formula is C20H15Cl3F4N2O2. The maximum Gasteiger partial charge on any atom is 0.428 e. The molecular weight excluding hydrogens is 483 g/mol. The molecule has 2 aromatic carbocycles. The molecule has 0 saturated heterocycles. The van der Waals surface area contributed by atoms with E-state index in [9.17, 15) is 22.4 Å². The third-order valence-corrected chi connectivity index (χ3v) is 5.85. The van der Waals surface area contributed by atoms with Crippen LogP contribution in [-0.4, -0.2) is 12.1 Å². The molecule has 3 rings (SSSR count). The molecule has 31 heavy (non-hydrogen) atoms. The van der Waals surface area contributed by atoms with Gasteiger partial charge in [0.25, 0.3) is 0 Å². The van der Waals surface area contributed by atoms with Crippen LogP contribution >= 0.6 is 34.8 Å². The monoisotopic (exact) mass is 496 g/mol. The average Bonchev–Trinajstić information content (AvgIpc) is 3.17. The van der Waals surface area contributed by atoms with Crippen LogP contribution in [0.25, 0.3) is 5.70 Å². The summed E-state index contributed by atoms with van der Waals surface area (Å²) in [5.41, 5.74) is -0.774. The van der Waals surface area contributed by atoms with Crippen LogP contribution in [0.2, 0.25) is 15.1 Å². The molecule has 166 valence electrons. The number of hydrogen-bond donors (Lipinski definition) is 2. The lowest BCUT2D eigenvalue weighted by Crippen LogP contribution is -2.42. The summed E-state index contributed by atoms with van der Waals surface area (Å²) in [7, 11) is 0. The van der Waals surface area contributed by atoms with Gasteiger partial charge in [-0.1, -0.05) is 41.7 Å². The van der Waals surface area contributed by atoms with Crippen molar-refractivity contribution in [2.45, 2.75) is 31.7 Å². The molecule has 4 nitrogen and oxygen atoms in total. The molecule has 1 atom stereocenters. The highest BCUT2D eigenvalue weighted by Crippen LogP contribution is 2.49. The molecule has 0 fully saturated rings. The summed E-state index contributed by atoms with van der Waals surface area (Å²) in [6.07, 6.45) is -3.88. The summed E-state index contributed by atoms with van der Waals surface area (Å²) in [5.74, 6) is -0.906. The van der Waals surface area contributed by atoms with Gasteiger partial charge in [-0.15, -0.1) is 0 Å². The Morgan fingerprint density at radius 2 is 1.81 bits per heavy atom. The Bertz CT molecular complexity index is 1040. The van der Waals surface area contributed by atoms with Gasteiger partial charge >= 0.3 is 6.18 Å². The van der Waals surface area contributed by atoms with Gasteiger partial charge in [0.05, 0.1) is 20.8 Å². The molecule has 0 aromatic heterocycles. The highest BCUT2D eigenvalue weighted by molar-refractivity contribution is 6.48. The van der Waals surface area contributed by atoms with E-state index in [1.807, 2.05) is 0 Å².